The first-order valence-electron chi connectivity index (χ1n) is 7.22. The van der Waals surface area contributed by atoms with E-state index < -0.39 is 0 Å². The van der Waals surface area contributed by atoms with Crippen LogP contribution >= 0.6 is 15.9 Å². The molecule has 2 saturated carbocycles. The van der Waals surface area contributed by atoms with E-state index >= 15 is 0 Å². The van der Waals surface area contributed by atoms with Gasteiger partial charge in [-0.2, -0.15) is 0 Å². The molecule has 0 aliphatic heterocycles. The fraction of sp³-hybridized carbons (Fsp3) is 0.562. The number of carbonyl (C=O) groups is 1. The molecule has 2 nitrogen and oxygen atoms in total. The summed E-state index contributed by atoms with van der Waals surface area (Å²) in [6.45, 7) is 0. The molecule has 3 heteroatoms. The van der Waals surface area contributed by atoms with Gasteiger partial charge >= 0.3 is 0 Å². The number of hydrogen-bond acceptors (Lipinski definition) is 1. The summed E-state index contributed by atoms with van der Waals surface area (Å²) >= 11 is 3.44. The number of carbonyl (C=O) groups excluding carboxylic acids is 1. The van der Waals surface area contributed by atoms with E-state index in [0.717, 1.165) is 29.8 Å². The number of anilines is 1. The third-order valence-electron chi connectivity index (χ3n) is 4.68. The van der Waals surface area contributed by atoms with Crippen LogP contribution in [0.1, 0.15) is 31.2 Å². The van der Waals surface area contributed by atoms with Gasteiger partial charge in [0.15, 0.2) is 0 Å². The molecule has 1 aromatic rings. The van der Waals surface area contributed by atoms with Crippen LogP contribution in [0.25, 0.3) is 0 Å². The maximum absolute atomic E-state index is 12.3. The number of fused-ring (bicyclic) bond motifs is 2. The van der Waals surface area contributed by atoms with Crippen LogP contribution in [-0.2, 0) is 11.2 Å². The van der Waals surface area contributed by atoms with Crippen LogP contribution < -0.4 is 5.32 Å². The molecule has 2 bridgehead atoms. The van der Waals surface area contributed by atoms with Gasteiger partial charge in [-0.3, -0.25) is 4.79 Å². The number of amides is 1. The van der Waals surface area contributed by atoms with Gasteiger partial charge in [0.2, 0.25) is 5.91 Å². The Morgan fingerprint density at radius 3 is 2.58 bits per heavy atom. The standard InChI is InChI=1S/C16H20BrNO/c17-8-7-11-2-5-14(6-3-11)18-16(19)15-10-12-1-4-13(15)9-12/h2-3,5-6,12-13,15H,1,4,7-10H2,(H,18,19). The molecule has 0 radical (unpaired) electrons. The first-order valence-corrected chi connectivity index (χ1v) is 8.34. The smallest absolute Gasteiger partial charge is 0.227 e. The van der Waals surface area contributed by atoms with E-state index in [1.54, 1.807) is 0 Å². The van der Waals surface area contributed by atoms with Gasteiger partial charge in [-0.15, -0.1) is 0 Å². The molecule has 2 aliphatic rings. The Bertz CT molecular complexity index is 456. The molecular weight excluding hydrogens is 302 g/mol. The Labute approximate surface area is 123 Å². The lowest BCUT2D eigenvalue weighted by molar-refractivity contribution is -0.121. The normalized spacial score (nSPS) is 28.6. The van der Waals surface area contributed by atoms with E-state index in [9.17, 15) is 4.79 Å². The lowest BCUT2D eigenvalue weighted by Gasteiger charge is -2.20. The zero-order valence-electron chi connectivity index (χ0n) is 11.1. The number of aryl methyl sites for hydroxylation is 1. The fourth-order valence-corrected chi connectivity index (χ4v) is 4.12. The Morgan fingerprint density at radius 1 is 1.21 bits per heavy atom. The SMILES string of the molecule is O=C(Nc1ccc(CCBr)cc1)C1CC2CCC1C2. The minimum Gasteiger partial charge on any atom is -0.326 e. The lowest BCUT2D eigenvalue weighted by Crippen LogP contribution is -2.27. The van der Waals surface area contributed by atoms with Crippen LogP contribution in [0, 0.1) is 17.8 Å². The van der Waals surface area contributed by atoms with Gasteiger partial charge in [-0.25, -0.2) is 0 Å². The molecule has 102 valence electrons. The average Bonchev–Trinajstić information content (AvgIpc) is 3.04. The minimum atomic E-state index is 0.237. The molecule has 19 heavy (non-hydrogen) atoms. The largest absolute Gasteiger partial charge is 0.326 e. The Kier molecular flexibility index (Phi) is 3.92. The van der Waals surface area contributed by atoms with Crippen LogP contribution in [0.4, 0.5) is 5.69 Å². The summed E-state index contributed by atoms with van der Waals surface area (Å²) in [5.41, 5.74) is 2.24. The predicted molar refractivity (Wildman–Crippen MR) is 81.5 cm³/mol. The van der Waals surface area contributed by atoms with E-state index in [1.807, 2.05) is 12.1 Å². The summed E-state index contributed by atoms with van der Waals surface area (Å²) in [5.74, 6) is 1.97. The quantitative estimate of drug-likeness (QED) is 0.834. The van der Waals surface area contributed by atoms with Crippen molar-refractivity contribution in [2.75, 3.05) is 10.6 Å². The second-order valence-electron chi connectivity index (χ2n) is 5.91. The molecule has 1 N–H and O–H groups in total. The van der Waals surface area contributed by atoms with E-state index in [1.165, 1.54) is 24.8 Å². The molecule has 2 fully saturated rings. The number of hydrogen-bond donors (Lipinski definition) is 1. The number of halogens is 1. The van der Waals surface area contributed by atoms with Crippen LogP contribution in [-0.4, -0.2) is 11.2 Å². The second-order valence-corrected chi connectivity index (χ2v) is 6.70. The van der Waals surface area contributed by atoms with Crippen molar-refractivity contribution in [2.45, 2.75) is 32.1 Å². The van der Waals surface area contributed by atoms with E-state index in [0.29, 0.717) is 5.92 Å². The minimum absolute atomic E-state index is 0.237. The number of rotatable bonds is 4. The number of nitrogens with one attached hydrogen (secondary N) is 1. The lowest BCUT2D eigenvalue weighted by atomic mass is 9.88. The highest BCUT2D eigenvalue weighted by Gasteiger charge is 2.42. The first kappa shape index (κ1) is 13.2. The highest BCUT2D eigenvalue weighted by molar-refractivity contribution is 9.09. The van der Waals surface area contributed by atoms with Crippen LogP contribution in [0.5, 0.6) is 0 Å². The molecule has 0 saturated heterocycles. The van der Waals surface area contributed by atoms with Gasteiger partial charge in [0.25, 0.3) is 0 Å². The van der Waals surface area contributed by atoms with Crippen LogP contribution in [0.2, 0.25) is 0 Å². The highest BCUT2D eigenvalue weighted by atomic mass is 79.9. The van der Waals surface area contributed by atoms with Crippen molar-refractivity contribution in [2.24, 2.45) is 17.8 Å². The summed E-state index contributed by atoms with van der Waals surface area (Å²) in [7, 11) is 0. The molecule has 1 aromatic carbocycles. The molecular formula is C16H20BrNO. The van der Waals surface area contributed by atoms with Gasteiger partial charge in [0.1, 0.15) is 0 Å². The predicted octanol–water partition coefficient (Wildman–Crippen LogP) is 4.00. The first-order chi connectivity index (χ1) is 9.26. The fourth-order valence-electron chi connectivity index (χ4n) is 3.66. The highest BCUT2D eigenvalue weighted by Crippen LogP contribution is 2.48. The van der Waals surface area contributed by atoms with Crippen molar-refractivity contribution < 1.29 is 4.79 Å². The van der Waals surface area contributed by atoms with Crippen molar-refractivity contribution in [1.29, 1.82) is 0 Å². The van der Waals surface area contributed by atoms with Crippen molar-refractivity contribution in [3.63, 3.8) is 0 Å². The van der Waals surface area contributed by atoms with Gasteiger partial charge in [0.05, 0.1) is 0 Å². The number of alkyl halides is 1. The monoisotopic (exact) mass is 321 g/mol. The zero-order chi connectivity index (χ0) is 13.2. The molecule has 0 spiro atoms. The maximum Gasteiger partial charge on any atom is 0.227 e. The van der Waals surface area contributed by atoms with Crippen molar-refractivity contribution in [3.8, 4) is 0 Å². The van der Waals surface area contributed by atoms with Crippen molar-refractivity contribution in [1.82, 2.24) is 0 Å². The molecule has 3 rings (SSSR count). The molecule has 3 atom stereocenters. The van der Waals surface area contributed by atoms with E-state index in [2.05, 4.69) is 33.4 Å². The average molecular weight is 322 g/mol. The summed E-state index contributed by atoms with van der Waals surface area (Å²) in [4.78, 5) is 12.3. The molecule has 2 aliphatic carbocycles. The van der Waals surface area contributed by atoms with Crippen molar-refractivity contribution >= 4 is 27.5 Å². The molecule has 0 heterocycles. The third kappa shape index (κ3) is 2.86. The zero-order valence-corrected chi connectivity index (χ0v) is 12.7. The Hall–Kier alpha value is -0.830. The summed E-state index contributed by atoms with van der Waals surface area (Å²) in [6.07, 6.45) is 6.02. The second kappa shape index (κ2) is 5.66. The van der Waals surface area contributed by atoms with Crippen LogP contribution in [0.3, 0.4) is 0 Å². The topological polar surface area (TPSA) is 29.1 Å². The van der Waals surface area contributed by atoms with Gasteiger partial charge in [0, 0.05) is 16.9 Å². The number of benzene rings is 1. The van der Waals surface area contributed by atoms with Crippen molar-refractivity contribution in [3.05, 3.63) is 29.8 Å². The van der Waals surface area contributed by atoms with Gasteiger partial charge in [-0.05, 0) is 55.2 Å². The Morgan fingerprint density at radius 2 is 2.00 bits per heavy atom. The molecule has 3 unspecified atom stereocenters. The van der Waals surface area contributed by atoms with Crippen LogP contribution in [0.15, 0.2) is 24.3 Å². The summed E-state index contributed by atoms with van der Waals surface area (Å²) in [5, 5.41) is 4.06. The maximum atomic E-state index is 12.3. The summed E-state index contributed by atoms with van der Waals surface area (Å²) in [6, 6.07) is 8.22. The third-order valence-corrected chi connectivity index (χ3v) is 5.08. The van der Waals surface area contributed by atoms with E-state index in [-0.39, 0.29) is 11.8 Å². The molecule has 1 amide bonds. The molecule has 0 aromatic heterocycles. The van der Waals surface area contributed by atoms with E-state index in [4.69, 9.17) is 0 Å². The Balaban J connectivity index is 1.60. The van der Waals surface area contributed by atoms with Gasteiger partial charge < -0.3 is 5.32 Å². The summed E-state index contributed by atoms with van der Waals surface area (Å²) < 4.78 is 0. The van der Waals surface area contributed by atoms with Gasteiger partial charge in [-0.1, -0.05) is 34.5 Å².